The number of unbranched alkanes of at least 4 members (excludes halogenated alkanes) is 1. The zero-order chi connectivity index (χ0) is 10.5. The van der Waals surface area contributed by atoms with Gasteiger partial charge >= 0.3 is 0 Å². The lowest BCUT2D eigenvalue weighted by Gasteiger charge is -2.19. The number of nitrogens with zero attached hydrogens (tertiary/aromatic N) is 1. The van der Waals surface area contributed by atoms with Crippen molar-refractivity contribution in [3.8, 4) is 0 Å². The molecule has 0 saturated heterocycles. The summed E-state index contributed by atoms with van der Waals surface area (Å²) in [6, 6.07) is 8.48. The highest BCUT2D eigenvalue weighted by Crippen LogP contribution is 2.21. The molecule has 2 rings (SSSR count). The molecule has 2 nitrogen and oxygen atoms in total. The van der Waals surface area contributed by atoms with E-state index in [0.29, 0.717) is 0 Å². The van der Waals surface area contributed by atoms with Crippen LogP contribution in [0.3, 0.4) is 0 Å². The van der Waals surface area contributed by atoms with Crippen molar-refractivity contribution in [1.82, 2.24) is 0 Å². The van der Waals surface area contributed by atoms with Gasteiger partial charge in [-0.2, -0.15) is 0 Å². The number of nitrogens with one attached hydrogen (secondary N) is 1. The summed E-state index contributed by atoms with van der Waals surface area (Å²) in [5.41, 5.74) is 2.64. The minimum Gasteiger partial charge on any atom is -0.344 e. The van der Waals surface area contributed by atoms with Gasteiger partial charge in [0, 0.05) is 18.7 Å². The number of benzene rings is 1. The van der Waals surface area contributed by atoms with Gasteiger partial charge < -0.3 is 5.32 Å². The Labute approximate surface area is 91.4 Å². The molecular formula is C13H18N2. The van der Waals surface area contributed by atoms with Gasteiger partial charge in [-0.05, 0) is 24.5 Å². The van der Waals surface area contributed by atoms with Gasteiger partial charge in [0.25, 0.3) is 0 Å². The third-order valence-electron chi connectivity index (χ3n) is 2.74. The quantitative estimate of drug-likeness (QED) is 0.748. The maximum Gasteiger partial charge on any atom is 0.101 e. The number of fused-ring (bicyclic) bond motifs is 1. The maximum absolute atomic E-state index is 4.58. The molecule has 15 heavy (non-hydrogen) atoms. The Morgan fingerprint density at radius 1 is 1.27 bits per heavy atom. The van der Waals surface area contributed by atoms with Crippen molar-refractivity contribution < 1.29 is 0 Å². The maximum atomic E-state index is 4.58. The van der Waals surface area contributed by atoms with Crippen LogP contribution >= 0.6 is 0 Å². The predicted molar refractivity (Wildman–Crippen MR) is 65.6 cm³/mol. The highest BCUT2D eigenvalue weighted by atomic mass is 15.0. The van der Waals surface area contributed by atoms with Crippen LogP contribution in [0.2, 0.25) is 0 Å². The Hall–Kier alpha value is -1.31. The number of hydrogen-bond acceptors (Lipinski definition) is 1. The van der Waals surface area contributed by atoms with Crippen molar-refractivity contribution in [2.45, 2.75) is 32.6 Å². The summed E-state index contributed by atoms with van der Waals surface area (Å²) in [6.07, 6.45) is 4.58. The largest absolute Gasteiger partial charge is 0.344 e. The van der Waals surface area contributed by atoms with Gasteiger partial charge in [0.1, 0.15) is 5.84 Å². The lowest BCUT2D eigenvalue weighted by atomic mass is 10.0. The first-order chi connectivity index (χ1) is 7.40. The Morgan fingerprint density at radius 3 is 3.00 bits per heavy atom. The monoisotopic (exact) mass is 202 g/mol. The van der Waals surface area contributed by atoms with Crippen LogP contribution in [0.4, 0.5) is 5.69 Å². The molecule has 0 bridgehead atoms. The molecule has 1 heterocycles. The van der Waals surface area contributed by atoms with Crippen LogP contribution < -0.4 is 5.32 Å². The summed E-state index contributed by atoms with van der Waals surface area (Å²) in [5, 5.41) is 3.41. The van der Waals surface area contributed by atoms with E-state index in [0.717, 1.165) is 25.2 Å². The molecule has 2 heteroatoms. The molecule has 1 aromatic rings. The standard InChI is InChI=1S/C13H18N2/c1-2-3-10-14-13-9-8-11-6-4-5-7-12(11)15-13/h4-7H,2-3,8-10H2,1H3,(H,14,15). The van der Waals surface area contributed by atoms with Crippen molar-refractivity contribution in [2.75, 3.05) is 11.9 Å². The predicted octanol–water partition coefficient (Wildman–Crippen LogP) is 3.24. The van der Waals surface area contributed by atoms with E-state index in [2.05, 4.69) is 41.5 Å². The molecule has 1 aromatic carbocycles. The summed E-state index contributed by atoms with van der Waals surface area (Å²) < 4.78 is 0. The minimum atomic E-state index is 0.959. The number of hydrogen-bond donors (Lipinski definition) is 1. The van der Waals surface area contributed by atoms with Crippen molar-refractivity contribution in [1.29, 1.82) is 0 Å². The first kappa shape index (κ1) is 10.2. The molecule has 0 radical (unpaired) electrons. The molecule has 1 N–H and O–H groups in total. The van der Waals surface area contributed by atoms with Gasteiger partial charge in [0.2, 0.25) is 0 Å². The third kappa shape index (κ3) is 2.58. The molecule has 0 spiro atoms. The first-order valence-electron chi connectivity index (χ1n) is 5.78. The van der Waals surface area contributed by atoms with Crippen LogP contribution in [0.1, 0.15) is 31.7 Å². The van der Waals surface area contributed by atoms with E-state index in [1.165, 1.54) is 24.1 Å². The number of para-hydroxylation sites is 1. The zero-order valence-electron chi connectivity index (χ0n) is 9.29. The van der Waals surface area contributed by atoms with Crippen LogP contribution in [0.15, 0.2) is 29.3 Å². The number of aliphatic imine (C=N–C) groups is 1. The topological polar surface area (TPSA) is 24.4 Å². The lowest BCUT2D eigenvalue weighted by Crippen LogP contribution is -2.19. The number of aryl methyl sites for hydroxylation is 1. The minimum absolute atomic E-state index is 0.959. The Bertz CT molecular complexity index is 355. The second-order valence-electron chi connectivity index (χ2n) is 3.96. The molecule has 80 valence electrons. The van der Waals surface area contributed by atoms with Crippen molar-refractivity contribution >= 4 is 11.5 Å². The first-order valence-corrected chi connectivity index (χ1v) is 5.78. The lowest BCUT2D eigenvalue weighted by molar-refractivity contribution is 0.803. The Morgan fingerprint density at radius 2 is 2.13 bits per heavy atom. The van der Waals surface area contributed by atoms with Crippen molar-refractivity contribution in [3.63, 3.8) is 0 Å². The van der Waals surface area contributed by atoms with Gasteiger partial charge in [0.15, 0.2) is 0 Å². The van der Waals surface area contributed by atoms with E-state index in [-0.39, 0.29) is 0 Å². The van der Waals surface area contributed by atoms with E-state index in [4.69, 9.17) is 0 Å². The molecule has 1 aliphatic rings. The fraction of sp³-hybridized carbons (Fsp3) is 0.462. The molecule has 0 aromatic heterocycles. The highest BCUT2D eigenvalue weighted by Gasteiger charge is 2.11. The number of rotatable bonds is 3. The third-order valence-corrected chi connectivity index (χ3v) is 2.74. The second kappa shape index (κ2) is 4.96. The molecule has 0 saturated carbocycles. The number of amidine groups is 1. The van der Waals surface area contributed by atoms with Gasteiger partial charge in [-0.15, -0.1) is 0 Å². The second-order valence-corrected chi connectivity index (χ2v) is 3.96. The summed E-state index contributed by atoms with van der Waals surface area (Å²) >= 11 is 0. The van der Waals surface area contributed by atoms with Crippen LogP contribution in [0.5, 0.6) is 0 Å². The highest BCUT2D eigenvalue weighted by molar-refractivity contribution is 5.98. The SMILES string of the molecule is CCCCN=C1CCc2ccccc2N1. The zero-order valence-corrected chi connectivity index (χ0v) is 9.29. The summed E-state index contributed by atoms with van der Waals surface area (Å²) in [4.78, 5) is 4.58. The smallest absolute Gasteiger partial charge is 0.101 e. The Balaban J connectivity index is 2.02. The van der Waals surface area contributed by atoms with E-state index >= 15 is 0 Å². The van der Waals surface area contributed by atoms with E-state index < -0.39 is 0 Å². The van der Waals surface area contributed by atoms with Crippen molar-refractivity contribution in [2.24, 2.45) is 4.99 Å². The van der Waals surface area contributed by atoms with Crippen molar-refractivity contribution in [3.05, 3.63) is 29.8 Å². The average Bonchev–Trinajstić information content (AvgIpc) is 2.29. The summed E-state index contributed by atoms with van der Waals surface area (Å²) in [5.74, 6) is 1.15. The number of anilines is 1. The van der Waals surface area contributed by atoms with Crippen LogP contribution in [-0.4, -0.2) is 12.4 Å². The van der Waals surface area contributed by atoms with Gasteiger partial charge in [-0.25, -0.2) is 0 Å². The van der Waals surface area contributed by atoms with Gasteiger partial charge in [-0.1, -0.05) is 31.5 Å². The van der Waals surface area contributed by atoms with E-state index in [9.17, 15) is 0 Å². The van der Waals surface area contributed by atoms with Crippen LogP contribution in [-0.2, 0) is 6.42 Å². The van der Waals surface area contributed by atoms with Gasteiger partial charge in [0.05, 0.1) is 0 Å². The van der Waals surface area contributed by atoms with E-state index in [1.54, 1.807) is 0 Å². The summed E-state index contributed by atoms with van der Waals surface area (Å²) in [7, 11) is 0. The fourth-order valence-corrected chi connectivity index (χ4v) is 1.82. The molecule has 0 fully saturated rings. The van der Waals surface area contributed by atoms with Crippen LogP contribution in [0.25, 0.3) is 0 Å². The molecule has 0 aliphatic carbocycles. The van der Waals surface area contributed by atoms with Crippen LogP contribution in [0, 0.1) is 0 Å². The van der Waals surface area contributed by atoms with Gasteiger partial charge in [-0.3, -0.25) is 4.99 Å². The van der Waals surface area contributed by atoms with E-state index in [1.807, 2.05) is 0 Å². The summed E-state index contributed by atoms with van der Waals surface area (Å²) in [6.45, 7) is 3.16. The Kier molecular flexibility index (Phi) is 3.38. The molecule has 0 atom stereocenters. The molecule has 1 aliphatic heterocycles. The molecular weight excluding hydrogens is 184 g/mol. The normalized spacial score (nSPS) is 17.3. The average molecular weight is 202 g/mol. The molecule has 0 amide bonds. The molecule has 0 unspecified atom stereocenters. The fourth-order valence-electron chi connectivity index (χ4n) is 1.82.